The van der Waals surface area contributed by atoms with Crippen LogP contribution in [-0.2, 0) is 12.8 Å². The molecule has 0 amide bonds. The second-order valence-electron chi connectivity index (χ2n) is 5.67. The van der Waals surface area contributed by atoms with Crippen molar-refractivity contribution in [3.8, 4) is 0 Å². The predicted octanol–water partition coefficient (Wildman–Crippen LogP) is 2.32. The van der Waals surface area contributed by atoms with Gasteiger partial charge in [-0.1, -0.05) is 24.3 Å². The third-order valence-electron chi connectivity index (χ3n) is 3.95. The van der Waals surface area contributed by atoms with E-state index in [0.29, 0.717) is 11.8 Å². The van der Waals surface area contributed by atoms with Crippen molar-refractivity contribution in [2.75, 3.05) is 5.32 Å². The maximum absolute atomic E-state index is 4.43. The molecule has 5 nitrogen and oxygen atoms in total. The van der Waals surface area contributed by atoms with Crippen LogP contribution < -0.4 is 5.32 Å². The highest BCUT2D eigenvalue weighted by atomic mass is 15.4. The molecule has 0 spiro atoms. The largest absolute Gasteiger partial charge is 0.366 e. The molecule has 3 aromatic rings. The number of hydrogen-bond acceptors (Lipinski definition) is 4. The minimum Gasteiger partial charge on any atom is -0.366 e. The lowest BCUT2D eigenvalue weighted by Crippen LogP contribution is -2.21. The first kappa shape index (κ1) is 12.3. The average molecular weight is 279 g/mol. The van der Waals surface area contributed by atoms with Crippen molar-refractivity contribution in [2.45, 2.75) is 32.7 Å². The van der Waals surface area contributed by atoms with E-state index in [1.807, 2.05) is 19.9 Å². The molecule has 0 fully saturated rings. The summed E-state index contributed by atoms with van der Waals surface area (Å²) in [5.74, 6) is 2.37. The van der Waals surface area contributed by atoms with Crippen molar-refractivity contribution < 1.29 is 0 Å². The van der Waals surface area contributed by atoms with E-state index in [-0.39, 0.29) is 0 Å². The minimum atomic E-state index is 0.400. The molecule has 0 saturated carbocycles. The monoisotopic (exact) mass is 279 g/mol. The topological polar surface area (TPSA) is 55.1 Å². The molecule has 2 heterocycles. The molecule has 0 unspecified atom stereocenters. The zero-order valence-corrected chi connectivity index (χ0v) is 12.2. The zero-order chi connectivity index (χ0) is 14.4. The van der Waals surface area contributed by atoms with Crippen molar-refractivity contribution in [3.63, 3.8) is 0 Å². The number of benzene rings is 1. The Morgan fingerprint density at radius 3 is 2.52 bits per heavy atom. The molecular formula is C16H17N5. The zero-order valence-electron chi connectivity index (χ0n) is 12.2. The lowest BCUT2D eigenvalue weighted by Gasteiger charge is -2.14. The number of fused-ring (bicyclic) bond motifs is 2. The molecule has 5 heteroatoms. The quantitative estimate of drug-likeness (QED) is 0.782. The Morgan fingerprint density at radius 1 is 1.10 bits per heavy atom. The first-order valence-corrected chi connectivity index (χ1v) is 7.23. The van der Waals surface area contributed by atoms with Crippen LogP contribution in [0.15, 0.2) is 30.3 Å². The van der Waals surface area contributed by atoms with E-state index in [4.69, 9.17) is 0 Å². The fraction of sp³-hybridized carbons (Fsp3) is 0.312. The lowest BCUT2D eigenvalue weighted by molar-refractivity contribution is 0.754. The van der Waals surface area contributed by atoms with Crippen LogP contribution in [0.5, 0.6) is 0 Å². The van der Waals surface area contributed by atoms with Gasteiger partial charge < -0.3 is 5.32 Å². The summed E-state index contributed by atoms with van der Waals surface area (Å²) in [5, 5.41) is 8.03. The summed E-state index contributed by atoms with van der Waals surface area (Å²) in [6.45, 7) is 3.87. The number of aryl methyl sites for hydroxylation is 2. The highest BCUT2D eigenvalue weighted by Gasteiger charge is 2.21. The van der Waals surface area contributed by atoms with E-state index in [9.17, 15) is 0 Å². The smallest absolute Gasteiger partial charge is 0.254 e. The maximum Gasteiger partial charge on any atom is 0.254 e. The minimum absolute atomic E-state index is 0.400. The summed E-state index contributed by atoms with van der Waals surface area (Å²) in [6, 6.07) is 11.1. The summed E-state index contributed by atoms with van der Waals surface area (Å²) in [5.41, 5.74) is 3.83. The number of rotatable bonds is 2. The highest BCUT2D eigenvalue weighted by molar-refractivity contribution is 5.47. The molecule has 1 N–H and O–H groups in total. The van der Waals surface area contributed by atoms with Gasteiger partial charge in [0, 0.05) is 17.8 Å². The van der Waals surface area contributed by atoms with Gasteiger partial charge in [-0.2, -0.15) is 9.50 Å². The Balaban J connectivity index is 1.67. The Kier molecular flexibility index (Phi) is 2.67. The van der Waals surface area contributed by atoms with E-state index >= 15 is 0 Å². The third-order valence-corrected chi connectivity index (χ3v) is 3.95. The number of nitrogens with one attached hydrogen (secondary N) is 1. The van der Waals surface area contributed by atoms with Crippen molar-refractivity contribution in [1.29, 1.82) is 0 Å². The molecule has 0 saturated heterocycles. The van der Waals surface area contributed by atoms with Gasteiger partial charge in [0.05, 0.1) is 0 Å². The molecule has 0 aliphatic heterocycles. The first-order valence-electron chi connectivity index (χ1n) is 7.23. The summed E-state index contributed by atoms with van der Waals surface area (Å²) >= 11 is 0. The van der Waals surface area contributed by atoms with Crippen molar-refractivity contribution in [2.24, 2.45) is 0 Å². The molecule has 1 aliphatic rings. The van der Waals surface area contributed by atoms with Gasteiger partial charge in [0.2, 0.25) is 0 Å². The number of hydrogen-bond donors (Lipinski definition) is 1. The normalized spacial score (nSPS) is 14.6. The van der Waals surface area contributed by atoms with Crippen LogP contribution in [0.1, 0.15) is 22.6 Å². The van der Waals surface area contributed by atoms with Gasteiger partial charge in [0.15, 0.2) is 0 Å². The van der Waals surface area contributed by atoms with Crippen LogP contribution in [0.4, 0.5) is 5.82 Å². The molecule has 0 bridgehead atoms. The standard InChI is InChI=1S/C16H17N5/c1-10-7-15(21-16(17-10)18-11(2)20-21)19-14-8-12-5-3-4-6-13(12)9-14/h3-7,14,19H,8-9H2,1-2H3. The summed E-state index contributed by atoms with van der Waals surface area (Å²) in [4.78, 5) is 8.77. The van der Waals surface area contributed by atoms with Crippen LogP contribution in [0, 0.1) is 13.8 Å². The number of anilines is 1. The fourth-order valence-electron chi connectivity index (χ4n) is 3.06. The van der Waals surface area contributed by atoms with E-state index in [0.717, 1.165) is 30.2 Å². The van der Waals surface area contributed by atoms with Gasteiger partial charge in [-0.15, -0.1) is 5.10 Å². The molecule has 0 radical (unpaired) electrons. The van der Waals surface area contributed by atoms with Crippen LogP contribution in [0.25, 0.3) is 5.78 Å². The molecule has 106 valence electrons. The van der Waals surface area contributed by atoms with E-state index in [2.05, 4.69) is 44.6 Å². The highest BCUT2D eigenvalue weighted by Crippen LogP contribution is 2.24. The van der Waals surface area contributed by atoms with Gasteiger partial charge in [0.25, 0.3) is 5.78 Å². The Hall–Kier alpha value is -2.43. The van der Waals surface area contributed by atoms with Crippen LogP contribution >= 0.6 is 0 Å². The molecule has 0 atom stereocenters. The van der Waals surface area contributed by atoms with E-state index < -0.39 is 0 Å². The molecule has 4 rings (SSSR count). The Bertz CT molecular complexity index is 796. The first-order chi connectivity index (χ1) is 10.2. The van der Waals surface area contributed by atoms with Crippen LogP contribution in [0.2, 0.25) is 0 Å². The van der Waals surface area contributed by atoms with Crippen LogP contribution in [0.3, 0.4) is 0 Å². The van der Waals surface area contributed by atoms with Crippen molar-refractivity contribution in [1.82, 2.24) is 19.6 Å². The molecule has 2 aromatic heterocycles. The number of aromatic nitrogens is 4. The van der Waals surface area contributed by atoms with E-state index in [1.54, 1.807) is 4.52 Å². The number of nitrogens with zero attached hydrogens (tertiary/aromatic N) is 4. The third kappa shape index (κ3) is 2.14. The summed E-state index contributed by atoms with van der Waals surface area (Å²) < 4.78 is 1.80. The van der Waals surface area contributed by atoms with Gasteiger partial charge in [-0.3, -0.25) is 0 Å². The van der Waals surface area contributed by atoms with Crippen molar-refractivity contribution >= 4 is 11.6 Å². The second kappa shape index (κ2) is 4.55. The summed E-state index contributed by atoms with van der Waals surface area (Å²) in [6.07, 6.45) is 2.10. The Morgan fingerprint density at radius 2 is 1.81 bits per heavy atom. The summed E-state index contributed by atoms with van der Waals surface area (Å²) in [7, 11) is 0. The molecular weight excluding hydrogens is 262 g/mol. The molecule has 1 aliphatic carbocycles. The molecule has 1 aromatic carbocycles. The average Bonchev–Trinajstić information content (AvgIpc) is 3.00. The predicted molar refractivity (Wildman–Crippen MR) is 81.5 cm³/mol. The van der Waals surface area contributed by atoms with Gasteiger partial charge >= 0.3 is 0 Å². The molecule has 21 heavy (non-hydrogen) atoms. The van der Waals surface area contributed by atoms with Gasteiger partial charge in [0.1, 0.15) is 11.6 Å². The second-order valence-corrected chi connectivity index (χ2v) is 5.67. The lowest BCUT2D eigenvalue weighted by atomic mass is 10.1. The SMILES string of the molecule is Cc1cc(NC2Cc3ccccc3C2)n2nc(C)nc2n1. The fourth-order valence-corrected chi connectivity index (χ4v) is 3.06. The van der Waals surface area contributed by atoms with Gasteiger partial charge in [-0.25, -0.2) is 4.98 Å². The van der Waals surface area contributed by atoms with Crippen molar-refractivity contribution in [3.05, 3.63) is 53.0 Å². The van der Waals surface area contributed by atoms with Gasteiger partial charge in [-0.05, 0) is 37.8 Å². The maximum atomic E-state index is 4.43. The Labute approximate surface area is 123 Å². The van der Waals surface area contributed by atoms with Crippen LogP contribution in [-0.4, -0.2) is 25.6 Å². The van der Waals surface area contributed by atoms with E-state index in [1.165, 1.54) is 11.1 Å².